The van der Waals surface area contributed by atoms with Crippen LogP contribution in [-0.2, 0) is 14.8 Å². The van der Waals surface area contributed by atoms with Gasteiger partial charge in [0, 0.05) is 24.8 Å². The van der Waals surface area contributed by atoms with Crippen LogP contribution in [0.1, 0.15) is 65.6 Å². The minimum Gasteiger partial charge on any atom is -0.332 e. The number of rotatable bonds is 9. The predicted octanol–water partition coefficient (Wildman–Crippen LogP) is 4.57. The molecule has 1 fully saturated rings. The van der Waals surface area contributed by atoms with Crippen LogP contribution in [0.5, 0.6) is 0 Å². The number of carbonyl (C=O) groups excluding carboxylic acids is 2. The summed E-state index contributed by atoms with van der Waals surface area (Å²) in [7, 11) is -2.22. The average molecular weight is 500 g/mol. The Balaban J connectivity index is 1.62. The molecule has 0 saturated heterocycles. The van der Waals surface area contributed by atoms with Gasteiger partial charge in [-0.3, -0.25) is 9.59 Å². The Kier molecular flexibility index (Phi) is 9.08. The van der Waals surface area contributed by atoms with Crippen molar-refractivity contribution in [2.45, 2.75) is 64.2 Å². The molecule has 0 aromatic heterocycles. The summed E-state index contributed by atoms with van der Waals surface area (Å²) < 4.78 is 28.7. The number of anilines is 1. The highest BCUT2D eigenvalue weighted by Crippen LogP contribution is 2.26. The fourth-order valence-corrected chi connectivity index (χ4v) is 5.82. The van der Waals surface area contributed by atoms with Gasteiger partial charge in [0.1, 0.15) is 0 Å². The number of amides is 2. The van der Waals surface area contributed by atoms with Crippen LogP contribution in [0, 0.1) is 26.7 Å². The van der Waals surface area contributed by atoms with Crippen LogP contribution in [0.15, 0.2) is 41.3 Å². The van der Waals surface area contributed by atoms with Crippen molar-refractivity contribution in [2.24, 2.45) is 5.92 Å². The molecule has 0 aliphatic heterocycles. The van der Waals surface area contributed by atoms with E-state index in [1.807, 2.05) is 32.0 Å². The summed E-state index contributed by atoms with van der Waals surface area (Å²) in [6.45, 7) is 5.92. The third kappa shape index (κ3) is 7.39. The second-order valence-corrected chi connectivity index (χ2v) is 11.4. The maximum atomic E-state index is 13.0. The first kappa shape index (κ1) is 26.9. The number of carbonyl (C=O) groups is 2. The zero-order valence-corrected chi connectivity index (χ0v) is 22.0. The lowest BCUT2D eigenvalue weighted by atomic mass is 9.87. The van der Waals surface area contributed by atoms with Crippen molar-refractivity contribution in [1.82, 2.24) is 9.62 Å². The van der Waals surface area contributed by atoms with Crippen molar-refractivity contribution in [3.63, 3.8) is 0 Å². The van der Waals surface area contributed by atoms with E-state index in [1.54, 1.807) is 19.1 Å². The number of hydrogen-bond donors (Lipinski definition) is 2. The summed E-state index contributed by atoms with van der Waals surface area (Å²) in [6.07, 6.45) is 6.86. The molecule has 2 amide bonds. The molecular formula is C27H37N3O4S. The van der Waals surface area contributed by atoms with Gasteiger partial charge in [-0.05, 0) is 74.1 Å². The maximum Gasteiger partial charge on any atom is 0.254 e. The lowest BCUT2D eigenvalue weighted by Gasteiger charge is -2.21. The fourth-order valence-electron chi connectivity index (χ4n) is 4.50. The second-order valence-electron chi connectivity index (χ2n) is 9.68. The normalized spacial score (nSPS) is 14.5. The number of benzene rings is 2. The van der Waals surface area contributed by atoms with E-state index < -0.39 is 15.9 Å². The third-order valence-electron chi connectivity index (χ3n) is 6.81. The lowest BCUT2D eigenvalue weighted by molar-refractivity contribution is -0.116. The van der Waals surface area contributed by atoms with Gasteiger partial charge >= 0.3 is 0 Å². The molecule has 0 spiro atoms. The van der Waals surface area contributed by atoms with Crippen LogP contribution in [-0.4, -0.2) is 45.3 Å². The van der Waals surface area contributed by atoms with Gasteiger partial charge < -0.3 is 10.2 Å². The highest BCUT2D eigenvalue weighted by atomic mass is 32.2. The van der Waals surface area contributed by atoms with Crippen molar-refractivity contribution in [1.29, 1.82) is 0 Å². The van der Waals surface area contributed by atoms with Gasteiger partial charge in [-0.1, -0.05) is 44.2 Å². The van der Waals surface area contributed by atoms with Crippen LogP contribution in [0.25, 0.3) is 0 Å². The molecule has 2 aromatic rings. The van der Waals surface area contributed by atoms with E-state index in [2.05, 4.69) is 10.0 Å². The number of sulfonamides is 1. The molecule has 8 heteroatoms. The van der Waals surface area contributed by atoms with Crippen molar-refractivity contribution < 1.29 is 18.0 Å². The minimum atomic E-state index is -3.74. The molecule has 35 heavy (non-hydrogen) atoms. The molecule has 2 N–H and O–H groups in total. The summed E-state index contributed by atoms with van der Waals surface area (Å²) in [5.41, 5.74) is 3.66. The van der Waals surface area contributed by atoms with Crippen LogP contribution < -0.4 is 10.0 Å². The first-order valence-corrected chi connectivity index (χ1v) is 13.8. The Labute approximate surface area is 209 Å². The average Bonchev–Trinajstić information content (AvgIpc) is 2.81. The summed E-state index contributed by atoms with van der Waals surface area (Å²) >= 11 is 0. The molecule has 0 bridgehead atoms. The van der Waals surface area contributed by atoms with Gasteiger partial charge in [0.25, 0.3) is 5.91 Å². The Morgan fingerprint density at radius 2 is 1.63 bits per heavy atom. The van der Waals surface area contributed by atoms with Gasteiger partial charge in [-0.15, -0.1) is 0 Å². The van der Waals surface area contributed by atoms with Gasteiger partial charge in [0.2, 0.25) is 15.9 Å². The maximum absolute atomic E-state index is 13.0. The van der Waals surface area contributed by atoms with Crippen molar-refractivity contribution in [3.8, 4) is 0 Å². The van der Waals surface area contributed by atoms with E-state index in [1.165, 1.54) is 37.3 Å². The number of aryl methyl sites for hydroxylation is 3. The van der Waals surface area contributed by atoms with E-state index in [4.69, 9.17) is 0 Å². The van der Waals surface area contributed by atoms with E-state index >= 15 is 0 Å². The largest absolute Gasteiger partial charge is 0.332 e. The molecule has 0 heterocycles. The molecule has 0 atom stereocenters. The molecule has 3 rings (SSSR count). The zero-order valence-electron chi connectivity index (χ0n) is 21.2. The Morgan fingerprint density at radius 3 is 2.31 bits per heavy atom. The fraction of sp³-hybridized carbons (Fsp3) is 0.481. The molecule has 1 saturated carbocycles. The van der Waals surface area contributed by atoms with Gasteiger partial charge in [-0.2, -0.15) is 0 Å². The molecular weight excluding hydrogens is 462 g/mol. The molecule has 0 radical (unpaired) electrons. The Bertz CT molecular complexity index is 1170. The van der Waals surface area contributed by atoms with Crippen LogP contribution in [0.3, 0.4) is 0 Å². The zero-order chi connectivity index (χ0) is 25.6. The number of nitrogens with zero attached hydrogens (tertiary/aromatic N) is 1. The summed E-state index contributed by atoms with van der Waals surface area (Å²) in [5, 5.41) is 2.80. The minimum absolute atomic E-state index is 0.0972. The molecule has 7 nitrogen and oxygen atoms in total. The number of hydrogen-bond acceptors (Lipinski definition) is 4. The topological polar surface area (TPSA) is 95.6 Å². The summed E-state index contributed by atoms with van der Waals surface area (Å²) in [4.78, 5) is 26.8. The quantitative estimate of drug-likeness (QED) is 0.528. The summed E-state index contributed by atoms with van der Waals surface area (Å²) in [5.74, 6) is -0.170. The molecule has 1 aliphatic carbocycles. The highest BCUT2D eigenvalue weighted by molar-refractivity contribution is 7.89. The Hall–Kier alpha value is -2.71. The van der Waals surface area contributed by atoms with Crippen LogP contribution in [0.4, 0.5) is 5.69 Å². The van der Waals surface area contributed by atoms with E-state index in [0.29, 0.717) is 23.7 Å². The first-order valence-electron chi connectivity index (χ1n) is 12.3. The van der Waals surface area contributed by atoms with E-state index in [0.717, 1.165) is 30.4 Å². The van der Waals surface area contributed by atoms with E-state index in [9.17, 15) is 18.0 Å². The van der Waals surface area contributed by atoms with Crippen molar-refractivity contribution in [2.75, 3.05) is 25.5 Å². The molecule has 2 aromatic carbocycles. The SMILES string of the molecule is Cc1ccc(NC(=O)CN(C)C(=O)c2ccc(C)c(S(=O)(=O)NCCC3CCCCC3)c2)cc1C. The third-order valence-corrected chi connectivity index (χ3v) is 8.42. The highest BCUT2D eigenvalue weighted by Gasteiger charge is 2.22. The first-order chi connectivity index (χ1) is 16.6. The van der Waals surface area contributed by atoms with Crippen molar-refractivity contribution >= 4 is 27.5 Å². The Morgan fingerprint density at radius 1 is 0.943 bits per heavy atom. The number of likely N-dealkylation sites (N-methyl/N-ethyl adjacent to an activating group) is 1. The predicted molar refractivity (Wildman–Crippen MR) is 139 cm³/mol. The number of nitrogens with one attached hydrogen (secondary N) is 2. The summed E-state index contributed by atoms with van der Waals surface area (Å²) in [6, 6.07) is 10.3. The second kappa shape index (κ2) is 11.8. The van der Waals surface area contributed by atoms with E-state index in [-0.39, 0.29) is 22.9 Å². The van der Waals surface area contributed by atoms with Crippen LogP contribution >= 0.6 is 0 Å². The molecule has 0 unspecified atom stereocenters. The van der Waals surface area contributed by atoms with Crippen LogP contribution in [0.2, 0.25) is 0 Å². The van der Waals surface area contributed by atoms with Gasteiger partial charge in [0.05, 0.1) is 11.4 Å². The lowest BCUT2D eigenvalue weighted by Crippen LogP contribution is -2.35. The standard InChI is InChI=1S/C27H37N3O4S/c1-19-11-13-24(16-21(19)3)29-26(31)18-30(4)27(32)23-12-10-20(2)25(17-23)35(33,34)28-15-14-22-8-6-5-7-9-22/h10-13,16-17,22,28H,5-9,14-15,18H2,1-4H3,(H,29,31). The van der Waals surface area contributed by atoms with Gasteiger partial charge in [-0.25, -0.2) is 13.1 Å². The monoisotopic (exact) mass is 499 g/mol. The molecule has 190 valence electrons. The smallest absolute Gasteiger partial charge is 0.254 e. The van der Waals surface area contributed by atoms with Gasteiger partial charge in [0.15, 0.2) is 0 Å². The van der Waals surface area contributed by atoms with Crippen molar-refractivity contribution in [3.05, 3.63) is 58.7 Å². The molecule has 1 aliphatic rings.